The van der Waals surface area contributed by atoms with Gasteiger partial charge in [-0.15, -0.1) is 0 Å². The lowest BCUT2D eigenvalue weighted by molar-refractivity contribution is -0.0197. The highest BCUT2D eigenvalue weighted by Gasteiger charge is 2.45. The average molecular weight is 1400 g/mol. The first-order valence-electron chi connectivity index (χ1n) is 29.5. The fourth-order valence-corrected chi connectivity index (χ4v) is 12.2. The molecule has 33 heteroatoms. The molecule has 12 rings (SSSR count). The number of hydrogen-bond donors (Lipinski definition) is 24. The molecule has 33 nitrogen and oxygen atoms in total. The van der Waals surface area contributed by atoms with E-state index in [4.69, 9.17) is 28.4 Å². The van der Waals surface area contributed by atoms with Gasteiger partial charge in [0.25, 0.3) is 0 Å². The van der Waals surface area contributed by atoms with Crippen molar-refractivity contribution in [3.63, 3.8) is 0 Å². The fourth-order valence-electron chi connectivity index (χ4n) is 12.2. The van der Waals surface area contributed by atoms with Gasteiger partial charge in [-0.05, 0) is 72.8 Å². The van der Waals surface area contributed by atoms with Crippen LogP contribution in [0.3, 0.4) is 0 Å². The quantitative estimate of drug-likeness (QED) is 0.0332. The van der Waals surface area contributed by atoms with Gasteiger partial charge in [0.15, 0.2) is 122 Å². The molecule has 24 N–H and O–H groups in total. The highest BCUT2D eigenvalue weighted by molar-refractivity contribution is 5.93. The topological polar surface area (TPSA) is 592 Å². The Morgan fingerprint density at radius 3 is 0.931 bits per heavy atom. The molecular formula is C68H54O33. The first-order chi connectivity index (χ1) is 47.7. The lowest BCUT2D eigenvalue weighted by Gasteiger charge is -2.37. The Balaban J connectivity index is 1.02. The number of hydrogen-bond acceptors (Lipinski definition) is 33. The van der Waals surface area contributed by atoms with Crippen molar-refractivity contribution in [1.82, 2.24) is 0 Å². The average Bonchev–Trinajstić information content (AvgIpc) is 0.739. The third kappa shape index (κ3) is 11.9. The normalized spacial score (nSPS) is 17.4. The summed E-state index contributed by atoms with van der Waals surface area (Å²) in [5, 5.41) is 261. The van der Waals surface area contributed by atoms with Gasteiger partial charge in [0.2, 0.25) is 0 Å². The van der Waals surface area contributed by atoms with Crippen molar-refractivity contribution in [3.05, 3.63) is 157 Å². The van der Waals surface area contributed by atoms with Gasteiger partial charge in [-0.1, -0.05) is 0 Å². The lowest BCUT2D eigenvalue weighted by atomic mass is 9.85. The van der Waals surface area contributed by atoms with Gasteiger partial charge in [-0.3, -0.25) is 0 Å². The molecule has 6 atom stereocenters. The molecule has 0 amide bonds. The van der Waals surface area contributed by atoms with Crippen LogP contribution in [-0.2, 0) is 46.3 Å². The highest BCUT2D eigenvalue weighted by Crippen LogP contribution is 2.57. The van der Waals surface area contributed by atoms with Gasteiger partial charge in [0.05, 0.1) is 16.7 Å². The number of aromatic hydroxyl groups is 24. The number of esters is 3. The molecule has 0 aromatic heterocycles. The largest absolute Gasteiger partial charge is 0.507 e. The molecule has 0 spiro atoms. The van der Waals surface area contributed by atoms with E-state index in [9.17, 15) is 137 Å². The number of benzene rings is 9. The van der Waals surface area contributed by atoms with Gasteiger partial charge in [-0.25, -0.2) is 14.4 Å². The molecule has 3 aliphatic heterocycles. The van der Waals surface area contributed by atoms with Crippen molar-refractivity contribution < 1.29 is 165 Å². The van der Waals surface area contributed by atoms with E-state index in [-0.39, 0.29) is 27.8 Å². The van der Waals surface area contributed by atoms with E-state index in [1.807, 2.05) is 0 Å². The number of phenols is 24. The summed E-state index contributed by atoms with van der Waals surface area (Å²) in [6.07, 6.45) is -14.6. The van der Waals surface area contributed by atoms with Crippen molar-refractivity contribution in [3.8, 4) is 155 Å². The maximum Gasteiger partial charge on any atom is 0.338 e. The molecule has 0 saturated carbocycles. The zero-order valence-electron chi connectivity index (χ0n) is 51.0. The van der Waals surface area contributed by atoms with Gasteiger partial charge in [-0.2, -0.15) is 0 Å². The summed E-state index contributed by atoms with van der Waals surface area (Å²) in [6, 6.07) is 11.1. The van der Waals surface area contributed by atoms with E-state index in [0.717, 1.165) is 48.5 Å². The van der Waals surface area contributed by atoms with E-state index < -0.39 is 286 Å². The predicted molar refractivity (Wildman–Crippen MR) is 332 cm³/mol. The third-order valence-electron chi connectivity index (χ3n) is 17.2. The Kier molecular flexibility index (Phi) is 16.5. The predicted octanol–water partition coefficient (Wildman–Crippen LogP) is 6.51. The molecule has 0 radical (unpaired) electrons. The standard InChI is InChI=1S/C68H54O33/c69-33-18-34(70)28-15-49(97-66(93)23-7-42(78)58(90)43(79)8-23)62(21-3-38(74)56(88)39(75)4-21)100-64(28)27(33)14-31-53(85)30(54(86)32-17-51(99-68(95)25-11-46(82)60(92)47(83)12-25)63(101-65(31)32)22-5-40(76)57(89)41(77)6-22)13-26-35(71)19-48-29(52(26)84)16-50(61(96-48)20-1-36(72)55(87)37(73)2-20)98-67(94)24-9-44(80)59(91)45(81)10-24/h1-12,18-19,49-51,61-63,69-92H,13-17H2/t49?,50-,51-,61-,62?,63-/m1/s1. The van der Waals surface area contributed by atoms with Gasteiger partial charge in [0.1, 0.15) is 70.1 Å². The van der Waals surface area contributed by atoms with Crippen LogP contribution >= 0.6 is 0 Å². The van der Waals surface area contributed by atoms with E-state index >= 15 is 0 Å². The van der Waals surface area contributed by atoms with Crippen LogP contribution in [0.15, 0.2) is 84.9 Å². The Hall–Kier alpha value is -14.0. The molecule has 9 aromatic rings. The summed E-state index contributed by atoms with van der Waals surface area (Å²) < 4.78 is 36.7. The van der Waals surface area contributed by atoms with E-state index in [1.165, 1.54) is 0 Å². The minimum Gasteiger partial charge on any atom is -0.507 e. The molecule has 9 aromatic carbocycles. The molecule has 2 unspecified atom stereocenters. The van der Waals surface area contributed by atoms with Crippen LogP contribution in [0.2, 0.25) is 0 Å². The van der Waals surface area contributed by atoms with Crippen molar-refractivity contribution >= 4 is 17.9 Å². The molecule has 0 aliphatic carbocycles. The van der Waals surface area contributed by atoms with E-state index in [2.05, 4.69) is 0 Å². The summed E-state index contributed by atoms with van der Waals surface area (Å²) in [4.78, 5) is 41.8. The maximum absolute atomic E-state index is 14.1. The summed E-state index contributed by atoms with van der Waals surface area (Å²) >= 11 is 0. The lowest BCUT2D eigenvalue weighted by Crippen LogP contribution is -2.36. The van der Waals surface area contributed by atoms with Crippen LogP contribution in [0.25, 0.3) is 0 Å². The summed E-state index contributed by atoms with van der Waals surface area (Å²) in [5.74, 6) is -28.9. The molecule has 3 aliphatic rings. The molecule has 101 heavy (non-hydrogen) atoms. The molecular weight excluding hydrogens is 1340 g/mol. The van der Waals surface area contributed by atoms with E-state index in [0.29, 0.717) is 36.4 Å². The Morgan fingerprint density at radius 1 is 0.277 bits per heavy atom. The van der Waals surface area contributed by atoms with Crippen LogP contribution in [0.1, 0.15) is 105 Å². The summed E-state index contributed by atoms with van der Waals surface area (Å²) in [7, 11) is 0. The zero-order chi connectivity index (χ0) is 73.0. The van der Waals surface area contributed by atoms with Crippen LogP contribution in [0.5, 0.6) is 155 Å². The van der Waals surface area contributed by atoms with Gasteiger partial charge < -0.3 is 151 Å². The number of rotatable bonds is 13. The first-order valence-corrected chi connectivity index (χ1v) is 29.5. The number of carbonyl (C=O) groups excluding carboxylic acids is 3. The van der Waals surface area contributed by atoms with Crippen molar-refractivity contribution in [2.24, 2.45) is 0 Å². The van der Waals surface area contributed by atoms with Gasteiger partial charge in [0, 0.05) is 99.9 Å². The Morgan fingerprint density at radius 2 is 0.564 bits per heavy atom. The van der Waals surface area contributed by atoms with Crippen molar-refractivity contribution in [2.45, 2.75) is 68.7 Å². The monoisotopic (exact) mass is 1400 g/mol. The molecule has 524 valence electrons. The smallest absolute Gasteiger partial charge is 0.338 e. The minimum atomic E-state index is -1.86. The molecule has 3 heterocycles. The summed E-state index contributed by atoms with van der Waals surface area (Å²) in [6.45, 7) is 0. The van der Waals surface area contributed by atoms with Crippen LogP contribution < -0.4 is 14.2 Å². The number of ether oxygens (including phenoxy) is 6. The third-order valence-corrected chi connectivity index (χ3v) is 17.2. The maximum atomic E-state index is 14.1. The summed E-state index contributed by atoms with van der Waals surface area (Å²) in [5.41, 5.74) is -5.97. The van der Waals surface area contributed by atoms with Crippen LogP contribution in [0.4, 0.5) is 0 Å². The fraction of sp³-hybridized carbons (Fsp3) is 0.162. The Bertz CT molecular complexity index is 4860. The van der Waals surface area contributed by atoms with Crippen molar-refractivity contribution in [1.29, 1.82) is 0 Å². The van der Waals surface area contributed by atoms with Gasteiger partial charge >= 0.3 is 17.9 Å². The second kappa shape index (κ2) is 24.9. The number of fused-ring (bicyclic) bond motifs is 3. The number of phenolic OH excluding ortho intramolecular Hbond substituents is 24. The van der Waals surface area contributed by atoms with Crippen LogP contribution in [-0.4, -0.2) is 159 Å². The van der Waals surface area contributed by atoms with E-state index in [1.54, 1.807) is 0 Å². The highest BCUT2D eigenvalue weighted by atomic mass is 16.6. The molecule has 0 saturated heterocycles. The minimum absolute atomic E-state index is 0.206. The second-order valence-corrected chi connectivity index (χ2v) is 23.6. The molecule has 0 fully saturated rings. The first kappa shape index (κ1) is 67.0. The zero-order valence-corrected chi connectivity index (χ0v) is 51.0. The van der Waals surface area contributed by atoms with Crippen LogP contribution in [0, 0.1) is 0 Å². The second-order valence-electron chi connectivity index (χ2n) is 23.6. The molecule has 0 bridgehead atoms. The SMILES string of the molecule is O=C(OC1Cc2c(O)cc(O)c(Cc3c(O)c(Cc4c(O)cc5c(c4O)C[C@@H](OC(=O)c4cc(O)c(O)c(O)c4)[C@@H](c4cc(O)c(O)c(O)c4)O5)c(O)c4c3O[C@H](c3cc(O)c(O)c(O)c3)[C@H](OC(=O)c3cc(O)c(O)c(O)c3)C4)c2OC1c1cc(O)c(O)c(O)c1)c1cc(O)c(O)c(O)c1. The Labute approximate surface area is 562 Å². The van der Waals surface area contributed by atoms with Crippen molar-refractivity contribution in [2.75, 3.05) is 0 Å². The number of carbonyl (C=O) groups is 3.